The molecule has 6 nitrogen and oxygen atoms in total. The van der Waals surface area contributed by atoms with Crippen LogP contribution in [0, 0.1) is 17.0 Å². The minimum atomic E-state index is -0.419. The van der Waals surface area contributed by atoms with Crippen LogP contribution in [0.4, 0.5) is 5.69 Å². The zero-order chi connectivity index (χ0) is 20.9. The monoisotopic (exact) mass is 399 g/mol. The normalized spacial score (nSPS) is 11.2. The van der Waals surface area contributed by atoms with Crippen LogP contribution in [0.1, 0.15) is 22.4 Å². The Bertz CT molecular complexity index is 1210. The molecule has 0 saturated carbocycles. The Labute approximate surface area is 174 Å². The Hall–Kier alpha value is -3.93. The molecule has 0 N–H and O–H groups in total. The average Bonchev–Trinajstić information content (AvgIpc) is 3.03. The van der Waals surface area contributed by atoms with Crippen LogP contribution in [0.15, 0.2) is 84.0 Å². The van der Waals surface area contributed by atoms with Gasteiger partial charge in [-0.25, -0.2) is 0 Å². The zero-order valence-corrected chi connectivity index (χ0v) is 16.6. The SMILES string of the molecule is Cc1c(/C=N\OCc2cccc([N+](=O)[O-])c2)c2ccccc2n1Cc1ccccc1. The van der Waals surface area contributed by atoms with Crippen LogP contribution in [0.3, 0.4) is 0 Å². The Morgan fingerprint density at radius 2 is 1.73 bits per heavy atom. The molecule has 6 heteroatoms. The molecular formula is C24H21N3O3. The molecule has 30 heavy (non-hydrogen) atoms. The third-order valence-electron chi connectivity index (χ3n) is 5.07. The Morgan fingerprint density at radius 3 is 2.53 bits per heavy atom. The van der Waals surface area contributed by atoms with E-state index in [1.54, 1.807) is 18.3 Å². The summed E-state index contributed by atoms with van der Waals surface area (Å²) in [5, 5.41) is 16.1. The van der Waals surface area contributed by atoms with Gasteiger partial charge in [0.25, 0.3) is 5.69 Å². The van der Waals surface area contributed by atoms with Gasteiger partial charge in [-0.05, 0) is 24.1 Å². The second-order valence-corrected chi connectivity index (χ2v) is 7.02. The molecule has 0 aliphatic rings. The van der Waals surface area contributed by atoms with Crippen molar-refractivity contribution in [3.05, 3.63) is 111 Å². The fraction of sp³-hybridized carbons (Fsp3) is 0.125. The van der Waals surface area contributed by atoms with Gasteiger partial charge >= 0.3 is 0 Å². The quantitative estimate of drug-likeness (QED) is 0.235. The summed E-state index contributed by atoms with van der Waals surface area (Å²) >= 11 is 0. The molecule has 4 rings (SSSR count). The van der Waals surface area contributed by atoms with E-state index in [0.717, 1.165) is 28.7 Å². The van der Waals surface area contributed by atoms with E-state index in [2.05, 4.69) is 40.9 Å². The van der Waals surface area contributed by atoms with Crippen molar-refractivity contribution in [3.63, 3.8) is 0 Å². The van der Waals surface area contributed by atoms with Crippen molar-refractivity contribution < 1.29 is 9.76 Å². The molecule has 0 fully saturated rings. The molecule has 0 unspecified atom stereocenters. The van der Waals surface area contributed by atoms with Crippen LogP contribution in [0.25, 0.3) is 10.9 Å². The van der Waals surface area contributed by atoms with Gasteiger partial charge in [0.2, 0.25) is 0 Å². The highest BCUT2D eigenvalue weighted by Gasteiger charge is 2.13. The lowest BCUT2D eigenvalue weighted by Crippen LogP contribution is -2.02. The van der Waals surface area contributed by atoms with Gasteiger partial charge in [-0.15, -0.1) is 0 Å². The first kappa shape index (κ1) is 19.4. The number of nitrogens with zero attached hydrogens (tertiary/aromatic N) is 3. The van der Waals surface area contributed by atoms with E-state index in [4.69, 9.17) is 4.84 Å². The van der Waals surface area contributed by atoms with Crippen molar-refractivity contribution in [1.29, 1.82) is 0 Å². The molecule has 1 heterocycles. The number of oxime groups is 1. The molecule has 1 aromatic heterocycles. The van der Waals surface area contributed by atoms with Gasteiger partial charge in [0.15, 0.2) is 0 Å². The number of hydrogen-bond acceptors (Lipinski definition) is 4. The summed E-state index contributed by atoms with van der Waals surface area (Å²) in [6.07, 6.45) is 1.72. The largest absolute Gasteiger partial charge is 0.391 e. The number of rotatable bonds is 7. The van der Waals surface area contributed by atoms with Crippen molar-refractivity contribution in [2.75, 3.05) is 0 Å². The Morgan fingerprint density at radius 1 is 1.00 bits per heavy atom. The molecule has 0 saturated heterocycles. The number of para-hydroxylation sites is 1. The fourth-order valence-electron chi connectivity index (χ4n) is 3.55. The summed E-state index contributed by atoms with van der Waals surface area (Å²) in [5.41, 5.74) is 5.21. The van der Waals surface area contributed by atoms with Crippen LogP contribution in [0.2, 0.25) is 0 Å². The molecule has 0 spiro atoms. The van der Waals surface area contributed by atoms with E-state index in [9.17, 15) is 10.1 Å². The molecule has 0 amide bonds. The van der Waals surface area contributed by atoms with Crippen molar-refractivity contribution in [2.45, 2.75) is 20.1 Å². The molecule has 0 aliphatic heterocycles. The highest BCUT2D eigenvalue weighted by atomic mass is 16.6. The van der Waals surface area contributed by atoms with E-state index < -0.39 is 4.92 Å². The summed E-state index contributed by atoms with van der Waals surface area (Å²) in [4.78, 5) is 15.9. The van der Waals surface area contributed by atoms with E-state index in [1.165, 1.54) is 17.7 Å². The summed E-state index contributed by atoms with van der Waals surface area (Å²) in [5.74, 6) is 0. The minimum Gasteiger partial charge on any atom is -0.391 e. The maximum atomic E-state index is 10.9. The molecule has 0 aliphatic carbocycles. The van der Waals surface area contributed by atoms with Crippen LogP contribution < -0.4 is 0 Å². The summed E-state index contributed by atoms with van der Waals surface area (Å²) in [6.45, 7) is 3.01. The molecule has 3 aromatic carbocycles. The van der Waals surface area contributed by atoms with Crippen molar-refractivity contribution in [2.24, 2.45) is 5.16 Å². The molecule has 150 valence electrons. The first-order valence-electron chi connectivity index (χ1n) is 9.64. The number of non-ortho nitro benzene ring substituents is 1. The van der Waals surface area contributed by atoms with Crippen LogP contribution in [0.5, 0.6) is 0 Å². The third kappa shape index (κ3) is 4.07. The topological polar surface area (TPSA) is 69.7 Å². The fourth-order valence-corrected chi connectivity index (χ4v) is 3.55. The lowest BCUT2D eigenvalue weighted by molar-refractivity contribution is -0.384. The average molecular weight is 399 g/mol. The van der Waals surface area contributed by atoms with Crippen molar-refractivity contribution in [3.8, 4) is 0 Å². The first-order chi connectivity index (χ1) is 14.6. The van der Waals surface area contributed by atoms with Gasteiger partial charge < -0.3 is 9.40 Å². The van der Waals surface area contributed by atoms with Crippen LogP contribution in [-0.2, 0) is 18.0 Å². The van der Waals surface area contributed by atoms with E-state index in [0.29, 0.717) is 5.56 Å². The van der Waals surface area contributed by atoms with E-state index in [-0.39, 0.29) is 12.3 Å². The van der Waals surface area contributed by atoms with E-state index >= 15 is 0 Å². The smallest absolute Gasteiger partial charge is 0.269 e. The highest BCUT2D eigenvalue weighted by Crippen LogP contribution is 2.25. The van der Waals surface area contributed by atoms with Gasteiger partial charge in [-0.3, -0.25) is 10.1 Å². The van der Waals surface area contributed by atoms with Gasteiger partial charge in [-0.1, -0.05) is 65.8 Å². The van der Waals surface area contributed by atoms with Gasteiger partial charge in [-0.2, -0.15) is 0 Å². The number of aromatic nitrogens is 1. The number of hydrogen-bond donors (Lipinski definition) is 0. The van der Waals surface area contributed by atoms with Gasteiger partial charge in [0.1, 0.15) is 6.61 Å². The van der Waals surface area contributed by atoms with Crippen LogP contribution >= 0.6 is 0 Å². The second-order valence-electron chi connectivity index (χ2n) is 7.02. The minimum absolute atomic E-state index is 0.0416. The van der Waals surface area contributed by atoms with Crippen molar-refractivity contribution in [1.82, 2.24) is 4.57 Å². The molecule has 0 atom stereocenters. The highest BCUT2D eigenvalue weighted by molar-refractivity contribution is 6.01. The maximum absolute atomic E-state index is 10.9. The van der Waals surface area contributed by atoms with Crippen molar-refractivity contribution >= 4 is 22.8 Å². The Balaban J connectivity index is 1.56. The number of nitro benzene ring substituents is 1. The number of benzene rings is 3. The molecule has 4 aromatic rings. The predicted octanol–water partition coefficient (Wildman–Crippen LogP) is 5.46. The van der Waals surface area contributed by atoms with Gasteiger partial charge in [0.05, 0.1) is 11.1 Å². The first-order valence-corrected chi connectivity index (χ1v) is 9.64. The molecule has 0 radical (unpaired) electrons. The lowest BCUT2D eigenvalue weighted by atomic mass is 10.1. The molecular weight excluding hydrogens is 378 g/mol. The van der Waals surface area contributed by atoms with E-state index in [1.807, 2.05) is 30.3 Å². The predicted molar refractivity (Wildman–Crippen MR) is 118 cm³/mol. The summed E-state index contributed by atoms with van der Waals surface area (Å²) in [6, 6.07) is 24.9. The van der Waals surface area contributed by atoms with Crippen LogP contribution in [-0.4, -0.2) is 15.7 Å². The summed E-state index contributed by atoms with van der Waals surface area (Å²) < 4.78 is 2.27. The number of nitro groups is 1. The van der Waals surface area contributed by atoms with Gasteiger partial charge in [0, 0.05) is 40.8 Å². The lowest BCUT2D eigenvalue weighted by Gasteiger charge is -2.08. The zero-order valence-electron chi connectivity index (χ0n) is 16.6. The maximum Gasteiger partial charge on any atom is 0.269 e. The third-order valence-corrected chi connectivity index (χ3v) is 5.07. The number of fused-ring (bicyclic) bond motifs is 1. The standard InChI is InChI=1S/C24H21N3O3/c1-18-23(15-25-30-17-20-10-7-11-21(14-20)27(28)29)22-12-5-6-13-24(22)26(18)16-19-8-3-2-4-9-19/h2-15H,16-17H2,1H3/b25-15-. The Kier molecular flexibility index (Phi) is 5.57. The second kappa shape index (κ2) is 8.61. The summed E-state index contributed by atoms with van der Waals surface area (Å²) in [7, 11) is 0. The molecule has 0 bridgehead atoms.